The van der Waals surface area contributed by atoms with E-state index in [0.29, 0.717) is 16.7 Å². The third-order valence-corrected chi connectivity index (χ3v) is 4.97. The molecule has 146 valence electrons. The Morgan fingerprint density at radius 2 is 1.93 bits per heavy atom. The lowest BCUT2D eigenvalue weighted by Crippen LogP contribution is -2.45. The van der Waals surface area contributed by atoms with Crippen molar-refractivity contribution in [3.05, 3.63) is 65.2 Å². The Morgan fingerprint density at radius 1 is 1.22 bits per heavy atom. The van der Waals surface area contributed by atoms with Gasteiger partial charge in [-0.25, -0.2) is 0 Å². The minimum Gasteiger partial charge on any atom is -0.476 e. The zero-order valence-corrected chi connectivity index (χ0v) is 17.0. The highest BCUT2D eigenvalue weighted by atomic mass is 35.5. The lowest BCUT2D eigenvalue weighted by Gasteiger charge is -2.35. The Morgan fingerprint density at radius 3 is 2.59 bits per heavy atom. The Hall–Kier alpha value is -1.75. The molecule has 3 rings (SSSR count). The molecule has 0 saturated carbocycles. The highest BCUT2D eigenvalue weighted by Gasteiger charge is 2.31. The summed E-state index contributed by atoms with van der Waals surface area (Å²) in [5.41, 5.74) is 0.864. The number of hydrogen-bond donors (Lipinski definition) is 1. The van der Waals surface area contributed by atoms with Crippen LogP contribution in [0.15, 0.2) is 54.6 Å². The number of hydrogen-bond acceptors (Lipinski definition) is 3. The fourth-order valence-corrected chi connectivity index (χ4v) is 3.55. The quantitative estimate of drug-likeness (QED) is 0.772. The van der Waals surface area contributed by atoms with Crippen molar-refractivity contribution >= 4 is 29.9 Å². The molecule has 2 aromatic rings. The predicted molar refractivity (Wildman–Crippen MR) is 112 cm³/mol. The Bertz CT molecular complexity index is 708. The zero-order valence-electron chi connectivity index (χ0n) is 15.4. The molecule has 2 unspecified atom stereocenters. The first-order valence-corrected chi connectivity index (χ1v) is 9.45. The molecule has 0 radical (unpaired) electrons. The maximum Gasteiger partial charge on any atom is 0.268 e. The Kier molecular flexibility index (Phi) is 8.42. The largest absolute Gasteiger partial charge is 0.476 e. The van der Waals surface area contributed by atoms with Gasteiger partial charge < -0.3 is 15.0 Å². The molecular formula is C21H26Cl2N2O2. The number of likely N-dealkylation sites (tertiary alicyclic amines) is 1. The van der Waals surface area contributed by atoms with Gasteiger partial charge in [0.1, 0.15) is 5.75 Å². The van der Waals surface area contributed by atoms with Crippen molar-refractivity contribution in [2.24, 2.45) is 5.92 Å². The molecule has 1 fully saturated rings. The summed E-state index contributed by atoms with van der Waals surface area (Å²) in [5, 5.41) is 3.87. The van der Waals surface area contributed by atoms with Crippen LogP contribution < -0.4 is 10.1 Å². The number of ether oxygens (including phenoxy) is 1. The maximum atomic E-state index is 13.3. The number of nitrogens with zero attached hydrogens (tertiary/aromatic N) is 1. The van der Waals surface area contributed by atoms with Gasteiger partial charge in [-0.2, -0.15) is 0 Å². The van der Waals surface area contributed by atoms with E-state index in [4.69, 9.17) is 16.3 Å². The van der Waals surface area contributed by atoms with Gasteiger partial charge in [0.15, 0.2) is 0 Å². The third kappa shape index (κ3) is 5.86. The van der Waals surface area contributed by atoms with E-state index in [1.165, 1.54) is 0 Å². The molecule has 0 bridgehead atoms. The molecule has 1 aliphatic rings. The molecular weight excluding hydrogens is 383 g/mol. The summed E-state index contributed by atoms with van der Waals surface area (Å²) in [6.45, 7) is 2.48. The van der Waals surface area contributed by atoms with E-state index in [9.17, 15) is 4.79 Å². The number of piperidine rings is 1. The van der Waals surface area contributed by atoms with Crippen molar-refractivity contribution in [1.82, 2.24) is 10.2 Å². The van der Waals surface area contributed by atoms with E-state index in [1.807, 2.05) is 42.3 Å². The van der Waals surface area contributed by atoms with Crippen LogP contribution in [0.5, 0.6) is 5.75 Å². The molecule has 1 heterocycles. The second-order valence-electron chi connectivity index (χ2n) is 6.71. The van der Waals surface area contributed by atoms with Gasteiger partial charge in [0, 0.05) is 23.7 Å². The summed E-state index contributed by atoms with van der Waals surface area (Å²) < 4.78 is 6.10. The average Bonchev–Trinajstić information content (AvgIpc) is 2.68. The number of carbonyl (C=O) groups is 1. The molecule has 1 saturated heterocycles. The van der Waals surface area contributed by atoms with Crippen molar-refractivity contribution in [3.8, 4) is 5.75 Å². The Balaban J connectivity index is 0.00000261. The SMILES string of the molecule is CNCC1CCCN(C(=O)C(Oc2ccc(Cl)cc2)c2ccccc2)C1.Cl. The standard InChI is InChI=1S/C21H25ClN2O2.ClH/c1-23-14-16-6-5-13-24(15-16)21(25)20(17-7-3-2-4-8-17)26-19-11-9-18(22)10-12-19;/h2-4,7-12,16,20,23H,5-6,13-15H2,1H3;1H. The van der Waals surface area contributed by atoms with Crippen LogP contribution in [0.25, 0.3) is 0 Å². The van der Waals surface area contributed by atoms with E-state index >= 15 is 0 Å². The molecule has 1 N–H and O–H groups in total. The minimum absolute atomic E-state index is 0. The van der Waals surface area contributed by atoms with Crippen LogP contribution in [0.1, 0.15) is 24.5 Å². The number of amides is 1. The minimum atomic E-state index is -0.647. The van der Waals surface area contributed by atoms with Crippen LogP contribution in [-0.4, -0.2) is 37.5 Å². The maximum absolute atomic E-state index is 13.3. The molecule has 0 spiro atoms. The summed E-state index contributed by atoms with van der Waals surface area (Å²) in [6, 6.07) is 16.8. The van der Waals surface area contributed by atoms with Crippen LogP contribution in [0.4, 0.5) is 0 Å². The number of nitrogens with one attached hydrogen (secondary N) is 1. The van der Waals surface area contributed by atoms with Gasteiger partial charge in [0.05, 0.1) is 0 Å². The van der Waals surface area contributed by atoms with Crippen LogP contribution >= 0.6 is 24.0 Å². The number of halogens is 2. The molecule has 1 amide bonds. The van der Waals surface area contributed by atoms with Gasteiger partial charge in [-0.05, 0) is 56.6 Å². The van der Waals surface area contributed by atoms with Crippen molar-refractivity contribution in [1.29, 1.82) is 0 Å². The van der Waals surface area contributed by atoms with E-state index < -0.39 is 6.10 Å². The third-order valence-electron chi connectivity index (χ3n) is 4.72. The van der Waals surface area contributed by atoms with Gasteiger partial charge in [-0.3, -0.25) is 4.79 Å². The first-order chi connectivity index (χ1) is 12.7. The summed E-state index contributed by atoms with van der Waals surface area (Å²) in [5.74, 6) is 1.15. The van der Waals surface area contributed by atoms with Crippen molar-refractivity contribution in [2.75, 3.05) is 26.7 Å². The van der Waals surface area contributed by atoms with Gasteiger partial charge in [-0.15, -0.1) is 12.4 Å². The molecule has 0 aromatic heterocycles. The number of rotatable bonds is 6. The number of carbonyl (C=O) groups excluding carboxylic acids is 1. The van der Waals surface area contributed by atoms with E-state index in [-0.39, 0.29) is 18.3 Å². The monoisotopic (exact) mass is 408 g/mol. The van der Waals surface area contributed by atoms with Crippen molar-refractivity contribution in [3.63, 3.8) is 0 Å². The fraction of sp³-hybridized carbons (Fsp3) is 0.381. The molecule has 0 aliphatic carbocycles. The summed E-state index contributed by atoms with van der Waals surface area (Å²) >= 11 is 5.96. The van der Waals surface area contributed by atoms with Crippen LogP contribution in [0, 0.1) is 5.92 Å². The van der Waals surface area contributed by atoms with Crippen molar-refractivity contribution < 1.29 is 9.53 Å². The fourth-order valence-electron chi connectivity index (χ4n) is 3.42. The molecule has 1 aliphatic heterocycles. The highest BCUT2D eigenvalue weighted by molar-refractivity contribution is 6.30. The van der Waals surface area contributed by atoms with Gasteiger partial charge in [0.2, 0.25) is 6.10 Å². The number of benzene rings is 2. The van der Waals surface area contributed by atoms with Crippen LogP contribution in [-0.2, 0) is 4.79 Å². The zero-order chi connectivity index (χ0) is 18.4. The lowest BCUT2D eigenvalue weighted by molar-refractivity contribution is -0.140. The van der Waals surface area contributed by atoms with Gasteiger partial charge in [0.25, 0.3) is 5.91 Å². The highest BCUT2D eigenvalue weighted by Crippen LogP contribution is 2.27. The first-order valence-electron chi connectivity index (χ1n) is 9.08. The summed E-state index contributed by atoms with van der Waals surface area (Å²) in [6.07, 6.45) is 1.53. The van der Waals surface area contributed by atoms with Crippen LogP contribution in [0.3, 0.4) is 0 Å². The average molecular weight is 409 g/mol. The normalized spacial score (nSPS) is 17.7. The smallest absolute Gasteiger partial charge is 0.268 e. The Labute approximate surface area is 172 Å². The lowest BCUT2D eigenvalue weighted by atomic mass is 9.97. The van der Waals surface area contributed by atoms with Crippen molar-refractivity contribution in [2.45, 2.75) is 18.9 Å². The molecule has 6 heteroatoms. The van der Waals surface area contributed by atoms with E-state index in [2.05, 4.69) is 5.32 Å². The van der Waals surface area contributed by atoms with E-state index in [0.717, 1.165) is 38.0 Å². The summed E-state index contributed by atoms with van der Waals surface area (Å²) in [7, 11) is 1.96. The predicted octanol–water partition coefficient (Wildman–Crippen LogP) is 4.34. The second kappa shape index (κ2) is 10.5. The van der Waals surface area contributed by atoms with E-state index in [1.54, 1.807) is 24.3 Å². The van der Waals surface area contributed by atoms with Gasteiger partial charge in [-0.1, -0.05) is 41.9 Å². The molecule has 2 atom stereocenters. The topological polar surface area (TPSA) is 41.6 Å². The second-order valence-corrected chi connectivity index (χ2v) is 7.15. The van der Waals surface area contributed by atoms with Gasteiger partial charge >= 0.3 is 0 Å². The molecule has 4 nitrogen and oxygen atoms in total. The molecule has 2 aromatic carbocycles. The molecule has 27 heavy (non-hydrogen) atoms. The summed E-state index contributed by atoms with van der Waals surface area (Å²) in [4.78, 5) is 15.2. The first kappa shape index (κ1) is 21.5. The van der Waals surface area contributed by atoms with Crippen LogP contribution in [0.2, 0.25) is 5.02 Å².